The summed E-state index contributed by atoms with van der Waals surface area (Å²) in [7, 11) is 0. The average molecular weight is 284 g/mol. The van der Waals surface area contributed by atoms with Gasteiger partial charge in [0.25, 0.3) is 0 Å². The molecule has 0 saturated heterocycles. The number of amides is 1. The van der Waals surface area contributed by atoms with E-state index in [9.17, 15) is 4.79 Å². The molecule has 2 heterocycles. The van der Waals surface area contributed by atoms with Gasteiger partial charge < -0.3 is 15.2 Å². The second kappa shape index (κ2) is 6.54. The molecule has 21 heavy (non-hydrogen) atoms. The minimum absolute atomic E-state index is 0.0927. The zero-order chi connectivity index (χ0) is 14.5. The molecule has 0 aliphatic carbocycles. The van der Waals surface area contributed by atoms with Crippen molar-refractivity contribution in [3.63, 3.8) is 0 Å². The van der Waals surface area contributed by atoms with E-state index in [0.717, 1.165) is 25.9 Å². The van der Waals surface area contributed by atoms with Crippen LogP contribution in [0, 0.1) is 0 Å². The lowest BCUT2D eigenvalue weighted by Crippen LogP contribution is -2.47. The largest absolute Gasteiger partial charge is 0.355 e. The molecule has 0 bridgehead atoms. The van der Waals surface area contributed by atoms with Crippen LogP contribution in [0.2, 0.25) is 0 Å². The fourth-order valence-corrected chi connectivity index (χ4v) is 2.66. The van der Waals surface area contributed by atoms with E-state index in [1.54, 1.807) is 12.5 Å². The molecule has 0 unspecified atom stereocenters. The van der Waals surface area contributed by atoms with E-state index in [1.165, 1.54) is 11.1 Å². The Labute approximate surface area is 124 Å². The molecule has 2 N–H and O–H groups in total. The molecule has 5 heteroatoms. The summed E-state index contributed by atoms with van der Waals surface area (Å²) in [6.45, 7) is 2.33. The summed E-state index contributed by atoms with van der Waals surface area (Å²) < 4.78 is 2.02. The summed E-state index contributed by atoms with van der Waals surface area (Å²) in [5, 5.41) is 6.31. The van der Waals surface area contributed by atoms with Crippen LogP contribution in [0.5, 0.6) is 0 Å². The van der Waals surface area contributed by atoms with Crippen LogP contribution >= 0.6 is 0 Å². The maximum Gasteiger partial charge on any atom is 0.237 e. The number of hydrogen-bond acceptors (Lipinski definition) is 3. The van der Waals surface area contributed by atoms with Crippen LogP contribution in [0.15, 0.2) is 43.0 Å². The van der Waals surface area contributed by atoms with Crippen molar-refractivity contribution >= 4 is 5.91 Å². The number of imidazole rings is 1. The van der Waals surface area contributed by atoms with E-state index in [4.69, 9.17) is 0 Å². The molecule has 1 amide bonds. The van der Waals surface area contributed by atoms with E-state index in [0.29, 0.717) is 6.54 Å². The van der Waals surface area contributed by atoms with Crippen molar-refractivity contribution < 1.29 is 4.79 Å². The Morgan fingerprint density at radius 2 is 2.24 bits per heavy atom. The maximum atomic E-state index is 12.2. The number of carbonyl (C=O) groups is 1. The van der Waals surface area contributed by atoms with Crippen LogP contribution in [-0.2, 0) is 24.3 Å². The Balaban J connectivity index is 1.44. The first-order chi connectivity index (χ1) is 10.3. The van der Waals surface area contributed by atoms with Crippen molar-refractivity contribution in [2.24, 2.45) is 0 Å². The van der Waals surface area contributed by atoms with E-state index >= 15 is 0 Å². The molecular weight excluding hydrogens is 264 g/mol. The third-order valence-electron chi connectivity index (χ3n) is 3.85. The highest BCUT2D eigenvalue weighted by Gasteiger charge is 2.23. The SMILES string of the molecule is O=C(NCCCn1ccnc1)[C@@H]1Cc2ccccc2CN1. The summed E-state index contributed by atoms with van der Waals surface area (Å²) in [5.41, 5.74) is 2.57. The third kappa shape index (κ3) is 3.49. The van der Waals surface area contributed by atoms with Crippen LogP contribution in [0.25, 0.3) is 0 Å². The summed E-state index contributed by atoms with van der Waals surface area (Å²) in [6.07, 6.45) is 7.17. The van der Waals surface area contributed by atoms with E-state index in [-0.39, 0.29) is 11.9 Å². The van der Waals surface area contributed by atoms with Crippen LogP contribution in [0.1, 0.15) is 17.5 Å². The minimum Gasteiger partial charge on any atom is -0.355 e. The van der Waals surface area contributed by atoms with Gasteiger partial charge in [0.2, 0.25) is 5.91 Å². The highest BCUT2D eigenvalue weighted by atomic mass is 16.2. The molecule has 5 nitrogen and oxygen atoms in total. The number of rotatable bonds is 5. The van der Waals surface area contributed by atoms with Gasteiger partial charge in [0.05, 0.1) is 12.4 Å². The molecule has 2 aromatic rings. The van der Waals surface area contributed by atoms with Gasteiger partial charge in [0.1, 0.15) is 0 Å². The zero-order valence-electron chi connectivity index (χ0n) is 12.0. The lowest BCUT2D eigenvalue weighted by Gasteiger charge is -2.25. The summed E-state index contributed by atoms with van der Waals surface area (Å²) in [6, 6.07) is 8.17. The standard InChI is InChI=1S/C16H20N4O/c21-16(18-6-3-8-20-9-7-17-12-20)15-10-13-4-1-2-5-14(13)11-19-15/h1-2,4-5,7,9,12,15,19H,3,6,8,10-11H2,(H,18,21)/t15-/m0/s1. The Hall–Kier alpha value is -2.14. The number of fused-ring (bicyclic) bond motifs is 1. The first kappa shape index (κ1) is 13.8. The fourth-order valence-electron chi connectivity index (χ4n) is 2.66. The van der Waals surface area contributed by atoms with E-state index in [1.807, 2.05) is 22.9 Å². The van der Waals surface area contributed by atoms with Gasteiger partial charge in [-0.25, -0.2) is 4.98 Å². The van der Waals surface area contributed by atoms with Gasteiger partial charge in [0, 0.05) is 32.0 Å². The number of nitrogens with one attached hydrogen (secondary N) is 2. The minimum atomic E-state index is -0.117. The van der Waals surface area contributed by atoms with Crippen molar-refractivity contribution in [2.45, 2.75) is 32.0 Å². The highest BCUT2D eigenvalue weighted by molar-refractivity contribution is 5.82. The Bertz CT molecular complexity index is 594. The predicted molar refractivity (Wildman–Crippen MR) is 80.6 cm³/mol. The van der Waals surface area contributed by atoms with Crippen molar-refractivity contribution in [3.8, 4) is 0 Å². The van der Waals surface area contributed by atoms with Gasteiger partial charge in [0.15, 0.2) is 0 Å². The second-order valence-corrected chi connectivity index (χ2v) is 5.35. The average Bonchev–Trinajstić information content (AvgIpc) is 3.04. The molecule has 3 rings (SSSR count). The molecule has 1 aromatic carbocycles. The summed E-state index contributed by atoms with van der Waals surface area (Å²) >= 11 is 0. The van der Waals surface area contributed by atoms with Crippen molar-refractivity contribution in [1.29, 1.82) is 0 Å². The molecule has 0 saturated carbocycles. The summed E-state index contributed by atoms with van der Waals surface area (Å²) in [4.78, 5) is 16.2. The molecule has 0 spiro atoms. The monoisotopic (exact) mass is 284 g/mol. The second-order valence-electron chi connectivity index (χ2n) is 5.35. The lowest BCUT2D eigenvalue weighted by molar-refractivity contribution is -0.123. The third-order valence-corrected chi connectivity index (χ3v) is 3.85. The normalized spacial score (nSPS) is 17.2. The van der Waals surface area contributed by atoms with Crippen LogP contribution < -0.4 is 10.6 Å². The molecule has 110 valence electrons. The smallest absolute Gasteiger partial charge is 0.237 e. The molecule has 1 aliphatic heterocycles. The summed E-state index contributed by atoms with van der Waals surface area (Å²) in [5.74, 6) is 0.0927. The molecule has 0 fully saturated rings. The van der Waals surface area contributed by atoms with Gasteiger partial charge in [-0.1, -0.05) is 24.3 Å². The van der Waals surface area contributed by atoms with Crippen molar-refractivity contribution in [3.05, 3.63) is 54.1 Å². The van der Waals surface area contributed by atoms with Gasteiger partial charge in [-0.2, -0.15) is 0 Å². The number of aryl methyl sites for hydroxylation is 1. The van der Waals surface area contributed by atoms with Crippen LogP contribution in [0.3, 0.4) is 0 Å². The Morgan fingerprint density at radius 3 is 3.05 bits per heavy atom. The maximum absolute atomic E-state index is 12.2. The number of hydrogen-bond donors (Lipinski definition) is 2. The first-order valence-corrected chi connectivity index (χ1v) is 7.36. The Kier molecular flexibility index (Phi) is 4.31. The molecule has 0 radical (unpaired) electrons. The van der Waals surface area contributed by atoms with Gasteiger partial charge in [-0.15, -0.1) is 0 Å². The molecular formula is C16H20N4O. The first-order valence-electron chi connectivity index (χ1n) is 7.36. The molecule has 1 aliphatic rings. The zero-order valence-corrected chi connectivity index (χ0v) is 12.0. The van der Waals surface area contributed by atoms with Crippen molar-refractivity contribution in [1.82, 2.24) is 20.2 Å². The number of nitrogens with zero attached hydrogens (tertiary/aromatic N) is 2. The van der Waals surface area contributed by atoms with Crippen LogP contribution in [0.4, 0.5) is 0 Å². The highest BCUT2D eigenvalue weighted by Crippen LogP contribution is 2.16. The quantitative estimate of drug-likeness (QED) is 0.809. The van der Waals surface area contributed by atoms with E-state index in [2.05, 4.69) is 27.8 Å². The van der Waals surface area contributed by atoms with Gasteiger partial charge >= 0.3 is 0 Å². The fraction of sp³-hybridized carbons (Fsp3) is 0.375. The van der Waals surface area contributed by atoms with Gasteiger partial charge in [-0.05, 0) is 24.0 Å². The molecule has 1 aromatic heterocycles. The van der Waals surface area contributed by atoms with Crippen molar-refractivity contribution in [2.75, 3.05) is 6.54 Å². The Morgan fingerprint density at radius 1 is 1.38 bits per heavy atom. The topological polar surface area (TPSA) is 59.0 Å². The van der Waals surface area contributed by atoms with Gasteiger partial charge in [-0.3, -0.25) is 4.79 Å². The number of carbonyl (C=O) groups excluding carboxylic acids is 1. The van der Waals surface area contributed by atoms with E-state index < -0.39 is 0 Å². The molecule has 1 atom stereocenters. The van der Waals surface area contributed by atoms with Crippen LogP contribution in [-0.4, -0.2) is 28.0 Å². The lowest BCUT2D eigenvalue weighted by atomic mass is 9.95. The number of aromatic nitrogens is 2. The predicted octanol–water partition coefficient (Wildman–Crippen LogP) is 1.10. The number of benzene rings is 1.